The minimum Gasteiger partial charge on any atom is -0.455 e. The predicted molar refractivity (Wildman–Crippen MR) is 265 cm³/mol. The fourth-order valence-corrected chi connectivity index (χ4v) is 11.8. The molecule has 1 heterocycles. The average molecular weight is 1080 g/mol. The molecule has 2 amide bonds. The van der Waals surface area contributed by atoms with Crippen LogP contribution in [-0.4, -0.2) is 137 Å². The first-order valence-corrected chi connectivity index (χ1v) is 26.3. The van der Waals surface area contributed by atoms with Crippen LogP contribution in [0.25, 0.3) is 0 Å². The number of ketones is 1. The zero-order chi connectivity index (χ0) is 55.5. The van der Waals surface area contributed by atoms with Crippen molar-refractivity contribution in [2.24, 2.45) is 16.7 Å². The van der Waals surface area contributed by atoms with Gasteiger partial charge in [0, 0.05) is 50.6 Å². The highest BCUT2D eigenvalue weighted by molar-refractivity contribution is 7.85. The number of ether oxygens (including phenoxy) is 6. The van der Waals surface area contributed by atoms with E-state index in [1.54, 1.807) is 54.6 Å². The second kappa shape index (κ2) is 22.4. The Bertz CT molecular complexity index is 2880. The minimum absolute atomic E-state index is 0.00520. The molecule has 3 aliphatic carbocycles. The van der Waals surface area contributed by atoms with Gasteiger partial charge in [0.05, 0.1) is 41.8 Å². The second-order valence-corrected chi connectivity index (χ2v) is 21.9. The van der Waals surface area contributed by atoms with Crippen molar-refractivity contribution in [2.75, 3.05) is 18.9 Å². The van der Waals surface area contributed by atoms with Crippen LogP contribution in [-0.2, 0) is 67.3 Å². The van der Waals surface area contributed by atoms with Crippen LogP contribution in [0.1, 0.15) is 106 Å². The van der Waals surface area contributed by atoms with Gasteiger partial charge in [-0.2, -0.15) is 8.42 Å². The number of rotatable bonds is 18. The summed E-state index contributed by atoms with van der Waals surface area (Å²) in [5, 5.41) is 31.4. The first-order chi connectivity index (χ1) is 35.7. The number of amides is 2. The van der Waals surface area contributed by atoms with Crippen molar-refractivity contribution in [3.8, 4) is 0 Å². The van der Waals surface area contributed by atoms with Crippen LogP contribution in [0.15, 0.2) is 102 Å². The second-order valence-electron chi connectivity index (χ2n) is 20.3. The molecular weight excluding hydrogens is 1010 g/mol. The van der Waals surface area contributed by atoms with Gasteiger partial charge in [0.25, 0.3) is 16.0 Å². The van der Waals surface area contributed by atoms with Gasteiger partial charge in [-0.15, -0.1) is 0 Å². The molecule has 408 valence electrons. The Kier molecular flexibility index (Phi) is 16.8. The Morgan fingerprint density at radius 1 is 0.829 bits per heavy atom. The van der Waals surface area contributed by atoms with Crippen LogP contribution in [0.3, 0.4) is 0 Å². The lowest BCUT2D eigenvalue weighted by atomic mass is 9.44. The van der Waals surface area contributed by atoms with Gasteiger partial charge in [-0.25, -0.2) is 9.59 Å². The molecular formula is C54H62N2O19S. The molecule has 76 heavy (non-hydrogen) atoms. The van der Waals surface area contributed by atoms with Gasteiger partial charge in [-0.1, -0.05) is 80.6 Å². The fraction of sp³-hybridized carbons (Fsp3) is 0.481. The number of fused-ring (bicyclic) bond motifs is 5. The van der Waals surface area contributed by atoms with Gasteiger partial charge < -0.3 is 49.3 Å². The highest BCUT2D eigenvalue weighted by atomic mass is 32.2. The molecule has 1 aliphatic heterocycles. The summed E-state index contributed by atoms with van der Waals surface area (Å²) in [5.74, 6) is -9.92. The summed E-state index contributed by atoms with van der Waals surface area (Å²) >= 11 is 0. The minimum atomic E-state index is -4.30. The molecule has 3 aromatic carbocycles. The Labute approximate surface area is 438 Å². The molecule has 2 saturated carbocycles. The van der Waals surface area contributed by atoms with Crippen molar-refractivity contribution >= 4 is 57.6 Å². The number of aliphatic hydroxyl groups excluding tert-OH is 1. The van der Waals surface area contributed by atoms with Crippen molar-refractivity contribution in [3.05, 3.63) is 119 Å². The molecule has 0 aromatic heterocycles. The highest BCUT2D eigenvalue weighted by Crippen LogP contribution is 2.64. The number of nitrogens with one attached hydrogen (secondary N) is 2. The Hall–Kier alpha value is -6.85. The molecule has 0 unspecified atom stereocenters. The van der Waals surface area contributed by atoms with Crippen LogP contribution in [0.5, 0.6) is 0 Å². The van der Waals surface area contributed by atoms with E-state index in [4.69, 9.17) is 33.0 Å². The molecule has 5 N–H and O–H groups in total. The van der Waals surface area contributed by atoms with Crippen LogP contribution < -0.4 is 10.6 Å². The number of aliphatic hydroxyl groups is 2. The lowest BCUT2D eigenvalue weighted by Crippen LogP contribution is -2.82. The average Bonchev–Trinajstić information content (AvgIpc) is 3.52. The van der Waals surface area contributed by atoms with E-state index < -0.39 is 153 Å². The Morgan fingerprint density at radius 2 is 1.43 bits per heavy atom. The predicted octanol–water partition coefficient (Wildman–Crippen LogP) is 3.46. The molecule has 4 aliphatic rings. The molecule has 1 saturated heterocycles. The van der Waals surface area contributed by atoms with E-state index in [2.05, 4.69) is 10.6 Å². The zero-order valence-electron chi connectivity index (χ0n) is 42.7. The van der Waals surface area contributed by atoms with E-state index in [1.165, 1.54) is 64.1 Å². The molecule has 11 atom stereocenters. The van der Waals surface area contributed by atoms with E-state index in [9.17, 15) is 47.4 Å². The molecule has 3 aromatic rings. The molecule has 21 nitrogen and oxygen atoms in total. The van der Waals surface area contributed by atoms with Gasteiger partial charge >= 0.3 is 29.8 Å². The lowest BCUT2D eigenvalue weighted by Gasteiger charge is -2.67. The standard InChI is InChI=1S/C54H62N2O19S/c1-30-36(72-50(65)44(73-40(61)24-23-39(60)55-25-16-26-76(67,68)69)42(33-17-10-7-11-18-33)56-48(63)34-19-12-8-13-20-34)28-54(66)47(74-49(64)35-21-14-9-15-22-35)45-52(6,37(59)27-38-53(45,29-70-38)75-32(3)58)46(62)43(71-31(2)57)41(30)51(54,4)5/h7-15,17-22,36-38,42-45,47,59,66H,16,23-29H2,1-6H3,(H,55,60)(H,56,63)(H,67,68,69)/t36-,37-,38+,42-,43+,44+,45-,47-,52+,53-,54+/m0/s1. The summed E-state index contributed by atoms with van der Waals surface area (Å²) in [7, 11) is -4.30. The van der Waals surface area contributed by atoms with Gasteiger partial charge in [-0.05, 0) is 61.2 Å². The number of Topliss-reactive ketones (excluding diaryl/α,β-unsaturated/α-hetero) is 1. The monoisotopic (exact) mass is 1070 g/mol. The smallest absolute Gasteiger partial charge is 0.350 e. The summed E-state index contributed by atoms with van der Waals surface area (Å²) in [5.41, 5.74) is -8.00. The summed E-state index contributed by atoms with van der Waals surface area (Å²) in [6.07, 6.45) is -12.6. The third-order valence-electron chi connectivity index (χ3n) is 15.2. The van der Waals surface area contributed by atoms with Crippen molar-refractivity contribution in [1.82, 2.24) is 10.6 Å². The number of benzene rings is 3. The summed E-state index contributed by atoms with van der Waals surface area (Å²) in [6.45, 7) is 7.43. The number of esters is 5. The van der Waals surface area contributed by atoms with Crippen LogP contribution in [0.4, 0.5) is 0 Å². The largest absolute Gasteiger partial charge is 0.455 e. The Balaban J connectivity index is 1.36. The molecule has 22 heteroatoms. The van der Waals surface area contributed by atoms with E-state index >= 15 is 9.59 Å². The maximum absolute atomic E-state index is 15.7. The number of hydrogen-bond donors (Lipinski definition) is 5. The highest BCUT2D eigenvalue weighted by Gasteiger charge is 2.78. The first kappa shape index (κ1) is 56.9. The van der Waals surface area contributed by atoms with Crippen LogP contribution >= 0.6 is 0 Å². The third-order valence-corrected chi connectivity index (χ3v) is 16.0. The topological polar surface area (TPSA) is 311 Å². The summed E-state index contributed by atoms with van der Waals surface area (Å²) in [6, 6.07) is 21.9. The van der Waals surface area contributed by atoms with Crippen LogP contribution in [0.2, 0.25) is 0 Å². The van der Waals surface area contributed by atoms with Gasteiger partial charge in [0.1, 0.15) is 30.0 Å². The van der Waals surface area contributed by atoms with Crippen molar-refractivity contribution in [2.45, 2.75) is 128 Å². The maximum atomic E-state index is 15.7. The van der Waals surface area contributed by atoms with Gasteiger partial charge in [0.15, 0.2) is 17.5 Å². The normalized spacial score (nSPS) is 28.2. The number of carbonyl (C=O) groups is 8. The molecule has 0 spiro atoms. The molecule has 2 bridgehead atoms. The number of carbonyl (C=O) groups excluding carboxylic acids is 8. The van der Waals surface area contributed by atoms with Crippen molar-refractivity contribution in [1.29, 1.82) is 0 Å². The maximum Gasteiger partial charge on any atom is 0.350 e. The number of hydrogen-bond acceptors (Lipinski definition) is 18. The van der Waals surface area contributed by atoms with Crippen LogP contribution in [0, 0.1) is 16.7 Å². The van der Waals surface area contributed by atoms with Crippen molar-refractivity contribution in [3.63, 3.8) is 0 Å². The van der Waals surface area contributed by atoms with E-state index in [0.717, 1.165) is 13.8 Å². The summed E-state index contributed by atoms with van der Waals surface area (Å²) < 4.78 is 67.9. The van der Waals surface area contributed by atoms with Gasteiger partial charge in [0.2, 0.25) is 12.0 Å². The van der Waals surface area contributed by atoms with Gasteiger partial charge in [-0.3, -0.25) is 33.3 Å². The molecule has 3 fully saturated rings. The molecule has 7 rings (SSSR count). The van der Waals surface area contributed by atoms with Crippen molar-refractivity contribution < 1.29 is 90.0 Å². The SMILES string of the molecule is CC(=O)O[C@H]1C(=O)[C@@]2(C)[C@H]([C@H](OC(=O)c3ccccc3)[C@]3(O)C[C@H](OC(=O)[C@H](OC(=O)CCC(=O)NCCCS(=O)(=O)O)[C@@H](NC(=O)c4ccccc4)c4ccccc4)C(C)=C1C3(C)C)[C@]1(OC(C)=O)CO[C@@H]1C[C@@H]2O. The zero-order valence-corrected chi connectivity index (χ0v) is 43.5. The first-order valence-electron chi connectivity index (χ1n) is 24.7. The molecule has 0 radical (unpaired) electrons. The van der Waals surface area contributed by atoms with E-state index in [-0.39, 0.29) is 53.8 Å². The summed E-state index contributed by atoms with van der Waals surface area (Å²) in [4.78, 5) is 112. The quantitative estimate of drug-likeness (QED) is 0.0400. The lowest BCUT2D eigenvalue weighted by molar-refractivity contribution is -0.346. The Morgan fingerprint density at radius 3 is 2.00 bits per heavy atom. The third kappa shape index (κ3) is 11.3. The van der Waals surface area contributed by atoms with E-state index in [1.807, 2.05) is 0 Å². The fourth-order valence-electron chi connectivity index (χ4n) is 11.3. The van der Waals surface area contributed by atoms with E-state index in [0.29, 0.717) is 0 Å².